The van der Waals surface area contributed by atoms with E-state index >= 15 is 0 Å². The summed E-state index contributed by atoms with van der Waals surface area (Å²) in [6.45, 7) is 9.46. The van der Waals surface area contributed by atoms with E-state index in [0.29, 0.717) is 18.7 Å². The van der Waals surface area contributed by atoms with Crippen LogP contribution in [-0.2, 0) is 16.0 Å². The van der Waals surface area contributed by atoms with Gasteiger partial charge in [-0.3, -0.25) is 14.6 Å². The number of fused-ring (bicyclic) bond motifs is 2. The lowest BCUT2D eigenvalue weighted by Gasteiger charge is -2.27. The van der Waals surface area contributed by atoms with Gasteiger partial charge in [0.05, 0.1) is 29.9 Å². The zero-order valence-corrected chi connectivity index (χ0v) is 20.0. The maximum atomic E-state index is 13.5. The van der Waals surface area contributed by atoms with Crippen LogP contribution in [0.2, 0.25) is 0 Å². The quantitative estimate of drug-likeness (QED) is 0.525. The molecular formula is C25H29N3O4S. The normalized spacial score (nSPS) is 15.8. The molecule has 3 aromatic rings. The first kappa shape index (κ1) is 22.1. The first-order chi connectivity index (χ1) is 16.1. The van der Waals surface area contributed by atoms with Crippen molar-refractivity contribution in [1.82, 2.24) is 9.88 Å². The number of hydrogen-bond donors (Lipinski definition) is 0. The van der Waals surface area contributed by atoms with Gasteiger partial charge in [0.1, 0.15) is 0 Å². The second-order valence-electron chi connectivity index (χ2n) is 8.57. The van der Waals surface area contributed by atoms with E-state index in [4.69, 9.17) is 19.2 Å². The standard InChI is InChI=1S/C25H29N3O4S/c1-17-4-7-22-24(18(17)2)26-25(33-22)28(9-3-8-27-10-12-30-13-11-27)23(29)15-19-5-6-20-21(14-19)32-16-31-20/h4-7,14H,3,8-13,15-16H2,1-2H3. The Kier molecular flexibility index (Phi) is 6.48. The van der Waals surface area contributed by atoms with Crippen molar-refractivity contribution in [2.45, 2.75) is 26.7 Å². The summed E-state index contributed by atoms with van der Waals surface area (Å²) in [5.41, 5.74) is 4.29. The average molecular weight is 468 g/mol. The summed E-state index contributed by atoms with van der Waals surface area (Å²) in [6, 6.07) is 9.93. The van der Waals surface area contributed by atoms with E-state index < -0.39 is 0 Å². The molecule has 0 N–H and O–H groups in total. The van der Waals surface area contributed by atoms with Crippen LogP contribution in [0.5, 0.6) is 11.5 Å². The van der Waals surface area contributed by atoms with Crippen molar-refractivity contribution < 1.29 is 19.0 Å². The minimum absolute atomic E-state index is 0.0456. The molecular weight excluding hydrogens is 438 g/mol. The van der Waals surface area contributed by atoms with Gasteiger partial charge in [0.25, 0.3) is 0 Å². The number of nitrogens with zero attached hydrogens (tertiary/aromatic N) is 3. The lowest BCUT2D eigenvalue weighted by atomic mass is 10.1. The third kappa shape index (κ3) is 4.83. The van der Waals surface area contributed by atoms with Gasteiger partial charge in [-0.15, -0.1) is 0 Å². The first-order valence-corrected chi connectivity index (χ1v) is 12.3. The Labute approximate surface area is 197 Å². The molecule has 1 saturated heterocycles. The predicted octanol–water partition coefficient (Wildman–Crippen LogP) is 3.94. The molecule has 1 aromatic heterocycles. The van der Waals surface area contributed by atoms with E-state index in [9.17, 15) is 4.79 Å². The van der Waals surface area contributed by atoms with Crippen LogP contribution in [0.1, 0.15) is 23.1 Å². The molecule has 2 aliphatic heterocycles. The van der Waals surface area contributed by atoms with Crippen molar-refractivity contribution in [3.8, 4) is 11.5 Å². The highest BCUT2D eigenvalue weighted by molar-refractivity contribution is 7.22. The monoisotopic (exact) mass is 467 g/mol. The zero-order valence-electron chi connectivity index (χ0n) is 19.1. The number of ether oxygens (including phenoxy) is 3. The second-order valence-corrected chi connectivity index (χ2v) is 9.58. The first-order valence-electron chi connectivity index (χ1n) is 11.4. The molecule has 2 aromatic carbocycles. The second kappa shape index (κ2) is 9.67. The van der Waals surface area contributed by atoms with E-state index in [1.807, 2.05) is 23.1 Å². The average Bonchev–Trinajstić information content (AvgIpc) is 3.47. The topological polar surface area (TPSA) is 64.1 Å². The van der Waals surface area contributed by atoms with Crippen LogP contribution in [0.15, 0.2) is 30.3 Å². The van der Waals surface area contributed by atoms with Gasteiger partial charge in [0.15, 0.2) is 16.6 Å². The molecule has 0 radical (unpaired) electrons. The number of aromatic nitrogens is 1. The number of hydrogen-bond acceptors (Lipinski definition) is 7. The number of rotatable bonds is 7. The fourth-order valence-electron chi connectivity index (χ4n) is 4.25. The van der Waals surface area contributed by atoms with E-state index in [1.54, 1.807) is 11.3 Å². The Morgan fingerprint density at radius 1 is 1.12 bits per heavy atom. The molecule has 7 nitrogen and oxygen atoms in total. The van der Waals surface area contributed by atoms with E-state index in [0.717, 1.165) is 65.9 Å². The molecule has 5 rings (SSSR count). The van der Waals surface area contributed by atoms with Gasteiger partial charge in [-0.25, -0.2) is 4.98 Å². The highest BCUT2D eigenvalue weighted by Gasteiger charge is 2.23. The van der Waals surface area contributed by atoms with Crippen molar-refractivity contribution in [2.24, 2.45) is 0 Å². The number of benzene rings is 2. The van der Waals surface area contributed by atoms with Crippen LogP contribution in [0.3, 0.4) is 0 Å². The summed E-state index contributed by atoms with van der Waals surface area (Å²) < 4.78 is 17.5. The lowest BCUT2D eigenvalue weighted by Crippen LogP contribution is -2.39. The van der Waals surface area contributed by atoms with Crippen molar-refractivity contribution >= 4 is 32.6 Å². The highest BCUT2D eigenvalue weighted by atomic mass is 32.1. The Hall–Kier alpha value is -2.68. The summed E-state index contributed by atoms with van der Waals surface area (Å²) in [5.74, 6) is 1.47. The fraction of sp³-hybridized carbons (Fsp3) is 0.440. The summed E-state index contributed by atoms with van der Waals surface area (Å²) in [4.78, 5) is 22.7. The lowest BCUT2D eigenvalue weighted by molar-refractivity contribution is -0.118. The van der Waals surface area contributed by atoms with E-state index in [2.05, 4.69) is 30.9 Å². The third-order valence-electron chi connectivity index (χ3n) is 6.36. The smallest absolute Gasteiger partial charge is 0.233 e. The Balaban J connectivity index is 1.36. The maximum Gasteiger partial charge on any atom is 0.233 e. The molecule has 1 fully saturated rings. The fourth-order valence-corrected chi connectivity index (χ4v) is 5.32. The van der Waals surface area contributed by atoms with Crippen LogP contribution in [0.25, 0.3) is 10.2 Å². The SMILES string of the molecule is Cc1ccc2sc(N(CCCN3CCOCC3)C(=O)Cc3ccc4c(c3)OCO4)nc2c1C. The Morgan fingerprint density at radius 3 is 2.79 bits per heavy atom. The molecule has 2 aliphatic rings. The minimum Gasteiger partial charge on any atom is -0.454 e. The van der Waals surface area contributed by atoms with Crippen molar-refractivity contribution in [3.63, 3.8) is 0 Å². The Morgan fingerprint density at radius 2 is 1.94 bits per heavy atom. The largest absolute Gasteiger partial charge is 0.454 e. The summed E-state index contributed by atoms with van der Waals surface area (Å²) >= 11 is 1.59. The van der Waals surface area contributed by atoms with Gasteiger partial charge in [-0.2, -0.15) is 0 Å². The maximum absolute atomic E-state index is 13.5. The number of morpholine rings is 1. The number of thiazole rings is 1. The van der Waals surface area contributed by atoms with Crippen LogP contribution in [0, 0.1) is 13.8 Å². The zero-order chi connectivity index (χ0) is 22.8. The van der Waals surface area contributed by atoms with E-state index in [-0.39, 0.29) is 12.7 Å². The predicted molar refractivity (Wildman–Crippen MR) is 130 cm³/mol. The van der Waals surface area contributed by atoms with Crippen molar-refractivity contribution in [2.75, 3.05) is 51.1 Å². The molecule has 8 heteroatoms. The number of aryl methyl sites for hydroxylation is 2. The molecule has 1 amide bonds. The molecule has 0 unspecified atom stereocenters. The molecule has 0 saturated carbocycles. The summed E-state index contributed by atoms with van der Waals surface area (Å²) in [5, 5.41) is 0.770. The van der Waals surface area contributed by atoms with Gasteiger partial charge < -0.3 is 14.2 Å². The van der Waals surface area contributed by atoms with Crippen LogP contribution >= 0.6 is 11.3 Å². The summed E-state index contributed by atoms with van der Waals surface area (Å²) in [7, 11) is 0. The minimum atomic E-state index is 0.0456. The van der Waals surface area contributed by atoms with Gasteiger partial charge in [0, 0.05) is 26.2 Å². The molecule has 0 bridgehead atoms. The molecule has 0 spiro atoms. The molecule has 33 heavy (non-hydrogen) atoms. The molecule has 0 atom stereocenters. The van der Waals surface area contributed by atoms with Crippen LogP contribution in [-0.4, -0.2) is 62.0 Å². The van der Waals surface area contributed by atoms with Gasteiger partial charge in [-0.05, 0) is 55.2 Å². The Bertz CT molecular complexity index is 1160. The van der Waals surface area contributed by atoms with Crippen molar-refractivity contribution in [1.29, 1.82) is 0 Å². The third-order valence-corrected chi connectivity index (χ3v) is 7.40. The van der Waals surface area contributed by atoms with Gasteiger partial charge >= 0.3 is 0 Å². The van der Waals surface area contributed by atoms with Gasteiger partial charge in [-0.1, -0.05) is 23.5 Å². The number of carbonyl (C=O) groups is 1. The van der Waals surface area contributed by atoms with Crippen LogP contribution in [0.4, 0.5) is 5.13 Å². The molecule has 0 aliphatic carbocycles. The molecule has 3 heterocycles. The van der Waals surface area contributed by atoms with E-state index in [1.165, 1.54) is 11.1 Å². The molecule has 174 valence electrons. The van der Waals surface area contributed by atoms with Gasteiger partial charge in [0.2, 0.25) is 12.7 Å². The number of carbonyl (C=O) groups excluding carboxylic acids is 1. The van der Waals surface area contributed by atoms with Crippen LogP contribution < -0.4 is 14.4 Å². The summed E-state index contributed by atoms with van der Waals surface area (Å²) in [6.07, 6.45) is 1.18. The number of anilines is 1. The van der Waals surface area contributed by atoms with Crippen molar-refractivity contribution in [3.05, 3.63) is 47.0 Å². The highest BCUT2D eigenvalue weighted by Crippen LogP contribution is 2.34. The number of amides is 1.